The number of hydrogen-bond acceptors (Lipinski definition) is 4. The molecule has 0 unspecified atom stereocenters. The predicted molar refractivity (Wildman–Crippen MR) is 80.4 cm³/mol. The molecule has 0 amide bonds. The van der Waals surface area contributed by atoms with Crippen LogP contribution in [-0.2, 0) is 6.42 Å². The second kappa shape index (κ2) is 6.05. The molecule has 0 fully saturated rings. The summed E-state index contributed by atoms with van der Waals surface area (Å²) in [7, 11) is 1.79. The molecular formula is C14H16ClFN4. The van der Waals surface area contributed by atoms with Crippen molar-refractivity contribution in [1.29, 1.82) is 0 Å². The van der Waals surface area contributed by atoms with Crippen molar-refractivity contribution in [3.8, 4) is 0 Å². The first kappa shape index (κ1) is 14.5. The van der Waals surface area contributed by atoms with E-state index in [4.69, 9.17) is 11.6 Å². The quantitative estimate of drug-likeness (QED) is 0.897. The molecule has 0 spiro atoms. The van der Waals surface area contributed by atoms with Crippen molar-refractivity contribution in [3.63, 3.8) is 0 Å². The van der Waals surface area contributed by atoms with Gasteiger partial charge in [-0.1, -0.05) is 24.6 Å². The summed E-state index contributed by atoms with van der Waals surface area (Å²) in [5.41, 5.74) is 1.12. The molecule has 2 rings (SSSR count). The van der Waals surface area contributed by atoms with Gasteiger partial charge in [0.15, 0.2) is 5.82 Å². The van der Waals surface area contributed by atoms with Gasteiger partial charge in [-0.15, -0.1) is 0 Å². The van der Waals surface area contributed by atoms with E-state index in [1.165, 1.54) is 6.07 Å². The second-order valence-electron chi connectivity index (χ2n) is 4.29. The van der Waals surface area contributed by atoms with Crippen LogP contribution in [0.5, 0.6) is 0 Å². The third-order valence-electron chi connectivity index (χ3n) is 2.95. The van der Waals surface area contributed by atoms with E-state index in [0.29, 0.717) is 23.8 Å². The third kappa shape index (κ3) is 2.82. The Morgan fingerprint density at radius 2 is 1.95 bits per heavy atom. The van der Waals surface area contributed by atoms with E-state index < -0.39 is 5.82 Å². The lowest BCUT2D eigenvalue weighted by atomic mass is 10.2. The van der Waals surface area contributed by atoms with Crippen LogP contribution in [0, 0.1) is 12.7 Å². The molecule has 2 N–H and O–H groups in total. The molecule has 4 nitrogen and oxygen atoms in total. The van der Waals surface area contributed by atoms with Gasteiger partial charge in [0.05, 0.1) is 10.7 Å². The van der Waals surface area contributed by atoms with E-state index >= 15 is 0 Å². The molecule has 0 saturated carbocycles. The summed E-state index contributed by atoms with van der Waals surface area (Å²) in [6, 6.07) is 4.81. The summed E-state index contributed by atoms with van der Waals surface area (Å²) >= 11 is 5.78. The minimum atomic E-state index is -0.490. The first-order valence-electron chi connectivity index (χ1n) is 6.33. The number of rotatable bonds is 4. The first-order valence-corrected chi connectivity index (χ1v) is 6.71. The SMILES string of the molecule is CCc1nc(NC)c(C)c(Nc2cccc(Cl)c2F)n1. The van der Waals surface area contributed by atoms with Gasteiger partial charge in [0.25, 0.3) is 0 Å². The number of hydrogen-bond donors (Lipinski definition) is 2. The zero-order valence-corrected chi connectivity index (χ0v) is 12.3. The molecule has 0 saturated heterocycles. The van der Waals surface area contributed by atoms with Gasteiger partial charge in [0.1, 0.15) is 17.5 Å². The van der Waals surface area contributed by atoms with Gasteiger partial charge < -0.3 is 10.6 Å². The fourth-order valence-corrected chi connectivity index (χ4v) is 1.99. The van der Waals surface area contributed by atoms with Crippen LogP contribution in [0.4, 0.5) is 21.7 Å². The van der Waals surface area contributed by atoms with Gasteiger partial charge in [-0.2, -0.15) is 0 Å². The average molecular weight is 295 g/mol. The van der Waals surface area contributed by atoms with Crippen molar-refractivity contribution in [2.45, 2.75) is 20.3 Å². The second-order valence-corrected chi connectivity index (χ2v) is 4.70. The number of anilines is 3. The van der Waals surface area contributed by atoms with E-state index in [2.05, 4.69) is 20.6 Å². The highest BCUT2D eigenvalue weighted by Gasteiger charge is 2.12. The van der Waals surface area contributed by atoms with E-state index in [1.54, 1.807) is 19.2 Å². The van der Waals surface area contributed by atoms with Crippen molar-refractivity contribution < 1.29 is 4.39 Å². The Bertz CT molecular complexity index is 631. The summed E-state index contributed by atoms with van der Waals surface area (Å²) in [6.07, 6.45) is 0.696. The Labute approximate surface area is 122 Å². The van der Waals surface area contributed by atoms with Crippen LogP contribution < -0.4 is 10.6 Å². The summed E-state index contributed by atoms with van der Waals surface area (Å²) in [6.45, 7) is 3.84. The molecule has 0 aliphatic rings. The first-order chi connectivity index (χ1) is 9.56. The molecule has 1 aromatic carbocycles. The Balaban J connectivity index is 2.45. The molecule has 0 aliphatic heterocycles. The highest BCUT2D eigenvalue weighted by molar-refractivity contribution is 6.31. The van der Waals surface area contributed by atoms with Crippen molar-refractivity contribution in [3.05, 3.63) is 40.4 Å². The standard InChI is InChI=1S/C14H16ClFN4/c1-4-11-19-13(17-3)8(2)14(20-11)18-10-7-5-6-9(15)12(10)16/h5-7H,4H2,1-3H3,(H2,17,18,19,20). The minimum Gasteiger partial charge on any atom is -0.373 e. The molecule has 6 heteroatoms. The smallest absolute Gasteiger partial charge is 0.165 e. The largest absolute Gasteiger partial charge is 0.373 e. The highest BCUT2D eigenvalue weighted by atomic mass is 35.5. The summed E-state index contributed by atoms with van der Waals surface area (Å²) < 4.78 is 13.9. The van der Waals surface area contributed by atoms with E-state index in [1.807, 2.05) is 13.8 Å². The average Bonchev–Trinajstić information content (AvgIpc) is 2.45. The molecular weight excluding hydrogens is 279 g/mol. The summed E-state index contributed by atoms with van der Waals surface area (Å²) in [5.74, 6) is 1.49. The van der Waals surface area contributed by atoms with Gasteiger partial charge in [-0.05, 0) is 19.1 Å². The van der Waals surface area contributed by atoms with Crippen molar-refractivity contribution >= 4 is 28.9 Å². The van der Waals surface area contributed by atoms with Crippen molar-refractivity contribution in [1.82, 2.24) is 9.97 Å². The van der Waals surface area contributed by atoms with Gasteiger partial charge in [0.2, 0.25) is 0 Å². The maximum absolute atomic E-state index is 13.9. The molecule has 106 valence electrons. The van der Waals surface area contributed by atoms with E-state index in [-0.39, 0.29) is 5.02 Å². The predicted octanol–water partition coefficient (Wildman–Crippen LogP) is 3.93. The fraction of sp³-hybridized carbons (Fsp3) is 0.286. The monoisotopic (exact) mass is 294 g/mol. The zero-order chi connectivity index (χ0) is 14.7. The van der Waals surface area contributed by atoms with Crippen molar-refractivity contribution in [2.24, 2.45) is 0 Å². The number of halogens is 2. The maximum Gasteiger partial charge on any atom is 0.165 e. The van der Waals surface area contributed by atoms with Gasteiger partial charge in [0, 0.05) is 19.0 Å². The molecule has 0 radical (unpaired) electrons. The Morgan fingerprint density at radius 3 is 2.60 bits per heavy atom. The number of benzene rings is 1. The summed E-state index contributed by atoms with van der Waals surface area (Å²) in [4.78, 5) is 8.76. The zero-order valence-electron chi connectivity index (χ0n) is 11.6. The Morgan fingerprint density at radius 1 is 1.25 bits per heavy atom. The third-order valence-corrected chi connectivity index (χ3v) is 3.24. The molecule has 20 heavy (non-hydrogen) atoms. The van der Waals surface area contributed by atoms with Crippen LogP contribution in [0.1, 0.15) is 18.3 Å². The van der Waals surface area contributed by atoms with Crippen molar-refractivity contribution in [2.75, 3.05) is 17.7 Å². The number of nitrogens with zero attached hydrogens (tertiary/aromatic N) is 2. The highest BCUT2D eigenvalue weighted by Crippen LogP contribution is 2.27. The van der Waals surface area contributed by atoms with E-state index in [0.717, 1.165) is 11.4 Å². The number of aryl methyl sites for hydroxylation is 1. The molecule has 2 aromatic rings. The van der Waals surface area contributed by atoms with E-state index in [9.17, 15) is 4.39 Å². The van der Waals surface area contributed by atoms with Gasteiger partial charge in [-0.3, -0.25) is 0 Å². The van der Waals surface area contributed by atoms with Crippen LogP contribution in [0.25, 0.3) is 0 Å². The fourth-order valence-electron chi connectivity index (χ4n) is 1.81. The number of aromatic nitrogens is 2. The summed E-state index contributed by atoms with van der Waals surface area (Å²) in [5, 5.41) is 6.07. The van der Waals surface area contributed by atoms with Gasteiger partial charge in [-0.25, -0.2) is 14.4 Å². The maximum atomic E-state index is 13.9. The minimum absolute atomic E-state index is 0.0752. The normalized spacial score (nSPS) is 10.4. The lowest BCUT2D eigenvalue weighted by Gasteiger charge is -2.14. The molecule has 1 aromatic heterocycles. The lowest BCUT2D eigenvalue weighted by Crippen LogP contribution is -2.07. The molecule has 0 bridgehead atoms. The lowest BCUT2D eigenvalue weighted by molar-refractivity contribution is 0.632. The Kier molecular flexibility index (Phi) is 4.39. The Hall–Kier alpha value is -1.88. The van der Waals surface area contributed by atoms with Crippen LogP contribution >= 0.6 is 11.6 Å². The topological polar surface area (TPSA) is 49.8 Å². The molecule has 0 aliphatic carbocycles. The van der Waals surface area contributed by atoms with Crippen LogP contribution in [0.2, 0.25) is 5.02 Å². The van der Waals surface area contributed by atoms with Gasteiger partial charge >= 0.3 is 0 Å². The van der Waals surface area contributed by atoms with Crippen LogP contribution in [0.3, 0.4) is 0 Å². The molecule has 0 atom stereocenters. The van der Waals surface area contributed by atoms with Crippen LogP contribution in [0.15, 0.2) is 18.2 Å². The number of nitrogens with one attached hydrogen (secondary N) is 2. The molecule has 1 heterocycles. The van der Waals surface area contributed by atoms with Crippen LogP contribution in [-0.4, -0.2) is 17.0 Å².